The van der Waals surface area contributed by atoms with Gasteiger partial charge in [0.25, 0.3) is 0 Å². The monoisotopic (exact) mass is 295 g/mol. The van der Waals surface area contributed by atoms with Crippen molar-refractivity contribution in [3.05, 3.63) is 60.2 Å². The molecule has 2 aromatic carbocycles. The fourth-order valence-corrected chi connectivity index (χ4v) is 3.10. The van der Waals surface area contributed by atoms with Crippen LogP contribution in [-0.2, 0) is 6.54 Å². The van der Waals surface area contributed by atoms with E-state index in [4.69, 9.17) is 0 Å². The van der Waals surface area contributed by atoms with Crippen LogP contribution in [0.3, 0.4) is 0 Å². The summed E-state index contributed by atoms with van der Waals surface area (Å²) in [6.07, 6.45) is 0. The maximum Gasteiger partial charge on any atom is 0.0244 e. The molecule has 0 radical (unpaired) electrons. The summed E-state index contributed by atoms with van der Waals surface area (Å²) in [6, 6.07) is 19.5. The van der Waals surface area contributed by atoms with Crippen molar-refractivity contribution in [2.75, 3.05) is 0 Å². The van der Waals surface area contributed by atoms with Crippen LogP contribution in [0.4, 0.5) is 0 Å². The fraction of sp³-hybridized carbons (Fsp3) is 0.429. The van der Waals surface area contributed by atoms with Gasteiger partial charge in [0.2, 0.25) is 0 Å². The van der Waals surface area contributed by atoms with Gasteiger partial charge in [-0.25, -0.2) is 0 Å². The maximum absolute atomic E-state index is 2.55. The van der Waals surface area contributed by atoms with Gasteiger partial charge >= 0.3 is 0 Å². The molecule has 118 valence electrons. The third-order valence-corrected chi connectivity index (χ3v) is 4.02. The SMILES string of the molecule is CC(C)(C)N(Cc1ccc(-c2ccccc2)cc1)C(C)(C)C. The summed E-state index contributed by atoms with van der Waals surface area (Å²) in [5.41, 5.74) is 4.22. The van der Waals surface area contributed by atoms with Crippen LogP contribution >= 0.6 is 0 Å². The summed E-state index contributed by atoms with van der Waals surface area (Å²) >= 11 is 0. The largest absolute Gasteiger partial charge is 0.289 e. The summed E-state index contributed by atoms with van der Waals surface area (Å²) in [5.74, 6) is 0. The number of hydrogen-bond donors (Lipinski definition) is 0. The van der Waals surface area contributed by atoms with Crippen LogP contribution in [0.25, 0.3) is 11.1 Å². The van der Waals surface area contributed by atoms with Crippen LogP contribution in [0.5, 0.6) is 0 Å². The molecular weight excluding hydrogens is 266 g/mol. The van der Waals surface area contributed by atoms with Crippen LogP contribution in [0, 0.1) is 0 Å². The molecular formula is C21H29N. The summed E-state index contributed by atoms with van der Waals surface area (Å²) < 4.78 is 0. The van der Waals surface area contributed by atoms with Gasteiger partial charge in [0, 0.05) is 17.6 Å². The summed E-state index contributed by atoms with van der Waals surface area (Å²) in [4.78, 5) is 2.55. The highest BCUT2D eigenvalue weighted by Gasteiger charge is 2.31. The Hall–Kier alpha value is -1.60. The average Bonchev–Trinajstić information content (AvgIpc) is 2.44. The Labute approximate surface area is 136 Å². The van der Waals surface area contributed by atoms with Crippen LogP contribution < -0.4 is 0 Å². The van der Waals surface area contributed by atoms with E-state index in [-0.39, 0.29) is 11.1 Å². The van der Waals surface area contributed by atoms with Gasteiger partial charge < -0.3 is 0 Å². The molecule has 0 spiro atoms. The van der Waals surface area contributed by atoms with E-state index in [1.807, 2.05) is 0 Å². The Kier molecular flexibility index (Phi) is 4.77. The molecule has 0 unspecified atom stereocenters. The lowest BCUT2D eigenvalue weighted by atomic mass is 9.94. The predicted octanol–water partition coefficient (Wildman–Crippen LogP) is 5.75. The van der Waals surface area contributed by atoms with Gasteiger partial charge in [0.05, 0.1) is 0 Å². The number of hydrogen-bond acceptors (Lipinski definition) is 1. The molecule has 0 saturated heterocycles. The Balaban J connectivity index is 2.20. The first-order valence-electron chi connectivity index (χ1n) is 8.10. The van der Waals surface area contributed by atoms with Crippen LogP contribution in [0.15, 0.2) is 54.6 Å². The van der Waals surface area contributed by atoms with Crippen LogP contribution in [0.2, 0.25) is 0 Å². The topological polar surface area (TPSA) is 3.24 Å². The number of nitrogens with zero attached hydrogens (tertiary/aromatic N) is 1. The van der Waals surface area contributed by atoms with E-state index in [1.165, 1.54) is 16.7 Å². The van der Waals surface area contributed by atoms with Crippen molar-refractivity contribution in [1.82, 2.24) is 4.90 Å². The van der Waals surface area contributed by atoms with Crippen molar-refractivity contribution in [3.63, 3.8) is 0 Å². The minimum atomic E-state index is 0.149. The normalized spacial score (nSPS) is 12.7. The molecule has 0 bridgehead atoms. The standard InChI is InChI=1S/C21H29N/c1-20(2,3)22(21(4,5)6)16-17-12-14-19(15-13-17)18-10-8-7-9-11-18/h7-15H,16H2,1-6H3. The van der Waals surface area contributed by atoms with E-state index >= 15 is 0 Å². The van der Waals surface area contributed by atoms with E-state index < -0.39 is 0 Å². The molecule has 0 heterocycles. The minimum absolute atomic E-state index is 0.149. The van der Waals surface area contributed by atoms with E-state index in [9.17, 15) is 0 Å². The minimum Gasteiger partial charge on any atom is -0.289 e. The molecule has 0 saturated carbocycles. The first kappa shape index (κ1) is 16.8. The van der Waals surface area contributed by atoms with Gasteiger partial charge in [0.15, 0.2) is 0 Å². The van der Waals surface area contributed by atoms with Crippen LogP contribution in [0.1, 0.15) is 47.1 Å². The van der Waals surface area contributed by atoms with Crippen molar-refractivity contribution in [2.24, 2.45) is 0 Å². The van der Waals surface area contributed by atoms with Gasteiger partial charge in [-0.05, 0) is 58.2 Å². The molecule has 2 rings (SSSR count). The molecule has 0 N–H and O–H groups in total. The molecule has 0 aliphatic carbocycles. The smallest absolute Gasteiger partial charge is 0.0244 e. The van der Waals surface area contributed by atoms with E-state index in [1.54, 1.807) is 0 Å². The van der Waals surface area contributed by atoms with E-state index in [0.717, 1.165) is 6.54 Å². The highest BCUT2D eigenvalue weighted by atomic mass is 15.2. The zero-order valence-corrected chi connectivity index (χ0v) is 14.9. The molecule has 0 aliphatic rings. The number of rotatable bonds is 3. The van der Waals surface area contributed by atoms with Gasteiger partial charge in [-0.15, -0.1) is 0 Å². The first-order chi connectivity index (χ1) is 10.2. The van der Waals surface area contributed by atoms with E-state index in [2.05, 4.69) is 101 Å². The van der Waals surface area contributed by atoms with Crippen molar-refractivity contribution < 1.29 is 0 Å². The van der Waals surface area contributed by atoms with Gasteiger partial charge in [0.1, 0.15) is 0 Å². The molecule has 0 amide bonds. The lowest BCUT2D eigenvalue weighted by Gasteiger charge is -2.45. The van der Waals surface area contributed by atoms with Crippen LogP contribution in [-0.4, -0.2) is 16.0 Å². The summed E-state index contributed by atoms with van der Waals surface area (Å²) in [5, 5.41) is 0. The Morgan fingerprint density at radius 2 is 1.09 bits per heavy atom. The Bertz CT molecular complexity index is 569. The van der Waals surface area contributed by atoms with Crippen molar-refractivity contribution >= 4 is 0 Å². The molecule has 0 aliphatic heterocycles. The first-order valence-corrected chi connectivity index (χ1v) is 8.10. The maximum atomic E-state index is 2.55. The van der Waals surface area contributed by atoms with Gasteiger partial charge in [-0.3, -0.25) is 4.90 Å². The molecule has 0 fully saturated rings. The third kappa shape index (κ3) is 4.20. The quantitative estimate of drug-likeness (QED) is 0.696. The highest BCUT2D eigenvalue weighted by molar-refractivity contribution is 5.63. The lowest BCUT2D eigenvalue weighted by molar-refractivity contribution is 0.0298. The second-order valence-electron chi connectivity index (χ2n) is 7.99. The zero-order chi connectivity index (χ0) is 16.4. The van der Waals surface area contributed by atoms with Crippen molar-refractivity contribution in [3.8, 4) is 11.1 Å². The number of benzene rings is 2. The van der Waals surface area contributed by atoms with Crippen molar-refractivity contribution in [2.45, 2.75) is 59.2 Å². The summed E-state index contributed by atoms with van der Waals surface area (Å²) in [7, 11) is 0. The highest BCUT2D eigenvalue weighted by Crippen LogP contribution is 2.28. The predicted molar refractivity (Wildman–Crippen MR) is 96.9 cm³/mol. The Morgan fingerprint density at radius 1 is 0.636 bits per heavy atom. The molecule has 0 aromatic heterocycles. The second-order valence-corrected chi connectivity index (χ2v) is 7.99. The summed E-state index contributed by atoms with van der Waals surface area (Å²) in [6.45, 7) is 14.7. The lowest BCUT2D eigenvalue weighted by Crippen LogP contribution is -2.51. The average molecular weight is 295 g/mol. The van der Waals surface area contributed by atoms with Crippen molar-refractivity contribution in [1.29, 1.82) is 0 Å². The molecule has 1 heteroatoms. The molecule has 0 atom stereocenters. The van der Waals surface area contributed by atoms with Gasteiger partial charge in [-0.2, -0.15) is 0 Å². The third-order valence-electron chi connectivity index (χ3n) is 4.02. The van der Waals surface area contributed by atoms with E-state index in [0.29, 0.717) is 0 Å². The molecule has 1 nitrogen and oxygen atoms in total. The molecule has 22 heavy (non-hydrogen) atoms. The second kappa shape index (κ2) is 6.26. The van der Waals surface area contributed by atoms with Gasteiger partial charge in [-0.1, -0.05) is 54.6 Å². The Morgan fingerprint density at radius 3 is 1.55 bits per heavy atom. The molecule has 2 aromatic rings. The fourth-order valence-electron chi connectivity index (χ4n) is 3.10. The zero-order valence-electron chi connectivity index (χ0n) is 14.9.